The predicted octanol–water partition coefficient (Wildman–Crippen LogP) is 3.79. The number of rotatable bonds is 3. The van der Waals surface area contributed by atoms with Crippen LogP contribution in [0.4, 0.5) is 4.39 Å². The molecule has 0 amide bonds. The van der Waals surface area contributed by atoms with E-state index in [1.807, 2.05) is 27.8 Å². The Bertz CT molecular complexity index is 646. The molecule has 21 heavy (non-hydrogen) atoms. The number of benzene rings is 1. The van der Waals surface area contributed by atoms with Gasteiger partial charge in [0.15, 0.2) is 0 Å². The van der Waals surface area contributed by atoms with Crippen LogP contribution in [0.3, 0.4) is 0 Å². The smallest absolute Gasteiger partial charge is 0.145 e. The normalized spacial score (nSPS) is 13.5. The van der Waals surface area contributed by atoms with Crippen LogP contribution in [-0.4, -0.2) is 14.9 Å². The standard InChI is InChI=1S/C16H20ClFN2O/c1-16(2,3)15-11(9-20(4)19-15)13(21)8-10-6-5-7-12(17)14(10)18/h5-7,9,13,21H,8H2,1-4H3. The summed E-state index contributed by atoms with van der Waals surface area (Å²) in [4.78, 5) is 0. The Morgan fingerprint density at radius 3 is 2.67 bits per heavy atom. The van der Waals surface area contributed by atoms with Crippen molar-refractivity contribution in [3.63, 3.8) is 0 Å². The Labute approximate surface area is 129 Å². The van der Waals surface area contributed by atoms with Gasteiger partial charge in [-0.25, -0.2) is 4.39 Å². The molecule has 0 saturated carbocycles. The van der Waals surface area contributed by atoms with Gasteiger partial charge in [-0.3, -0.25) is 4.68 Å². The number of aromatic nitrogens is 2. The summed E-state index contributed by atoms with van der Waals surface area (Å²) < 4.78 is 15.6. The molecule has 1 N–H and O–H groups in total. The summed E-state index contributed by atoms with van der Waals surface area (Å²) in [5.41, 5.74) is 1.76. The van der Waals surface area contributed by atoms with E-state index < -0.39 is 11.9 Å². The van der Waals surface area contributed by atoms with Crippen LogP contribution in [-0.2, 0) is 18.9 Å². The van der Waals surface area contributed by atoms with Crippen molar-refractivity contribution in [3.05, 3.63) is 52.1 Å². The molecule has 1 aromatic heterocycles. The van der Waals surface area contributed by atoms with Crippen molar-refractivity contribution >= 4 is 11.6 Å². The average Bonchev–Trinajstić information content (AvgIpc) is 2.77. The van der Waals surface area contributed by atoms with Crippen molar-refractivity contribution in [2.75, 3.05) is 0 Å². The third-order valence-electron chi connectivity index (χ3n) is 3.37. The second kappa shape index (κ2) is 5.78. The van der Waals surface area contributed by atoms with Gasteiger partial charge in [0, 0.05) is 30.6 Å². The van der Waals surface area contributed by atoms with Gasteiger partial charge in [0.2, 0.25) is 0 Å². The van der Waals surface area contributed by atoms with Crippen molar-refractivity contribution in [1.82, 2.24) is 9.78 Å². The minimum Gasteiger partial charge on any atom is -0.388 e. The van der Waals surface area contributed by atoms with Gasteiger partial charge in [-0.15, -0.1) is 0 Å². The molecule has 0 spiro atoms. The molecule has 2 rings (SSSR count). The first-order valence-electron chi connectivity index (χ1n) is 6.85. The van der Waals surface area contributed by atoms with Crippen LogP contribution in [0.25, 0.3) is 0 Å². The van der Waals surface area contributed by atoms with E-state index in [0.717, 1.165) is 11.3 Å². The van der Waals surface area contributed by atoms with Crippen LogP contribution in [0.1, 0.15) is 43.7 Å². The summed E-state index contributed by atoms with van der Waals surface area (Å²) in [6, 6.07) is 4.82. The topological polar surface area (TPSA) is 38.0 Å². The molecule has 5 heteroatoms. The lowest BCUT2D eigenvalue weighted by Crippen LogP contribution is -2.17. The molecule has 0 fully saturated rings. The highest BCUT2D eigenvalue weighted by Crippen LogP contribution is 2.31. The lowest BCUT2D eigenvalue weighted by Gasteiger charge is -2.20. The van der Waals surface area contributed by atoms with Crippen LogP contribution in [0, 0.1) is 5.82 Å². The molecule has 0 bridgehead atoms. The Balaban J connectivity index is 2.33. The first-order chi connectivity index (χ1) is 9.70. The number of aryl methyl sites for hydroxylation is 1. The second-order valence-electron chi connectivity index (χ2n) is 6.29. The molecule has 114 valence electrons. The molecule has 0 aliphatic heterocycles. The third kappa shape index (κ3) is 3.44. The highest BCUT2D eigenvalue weighted by atomic mass is 35.5. The number of hydrogen-bond acceptors (Lipinski definition) is 2. The Hall–Kier alpha value is -1.39. The number of aliphatic hydroxyl groups is 1. The van der Waals surface area contributed by atoms with E-state index in [2.05, 4.69) is 5.10 Å². The minimum absolute atomic E-state index is 0.0712. The van der Waals surface area contributed by atoms with E-state index in [1.165, 1.54) is 6.07 Å². The molecule has 1 unspecified atom stereocenters. The molecule has 0 radical (unpaired) electrons. The Morgan fingerprint density at radius 1 is 1.38 bits per heavy atom. The SMILES string of the molecule is Cn1cc(C(O)Cc2cccc(Cl)c2F)c(C(C)(C)C)n1. The maximum atomic E-state index is 14.0. The van der Waals surface area contributed by atoms with Crippen molar-refractivity contribution in [2.45, 2.75) is 38.7 Å². The van der Waals surface area contributed by atoms with Crippen LogP contribution in [0.2, 0.25) is 5.02 Å². The van der Waals surface area contributed by atoms with E-state index >= 15 is 0 Å². The van der Waals surface area contributed by atoms with E-state index in [1.54, 1.807) is 23.0 Å². The fraction of sp³-hybridized carbons (Fsp3) is 0.438. The lowest BCUT2D eigenvalue weighted by molar-refractivity contribution is 0.174. The van der Waals surface area contributed by atoms with E-state index in [0.29, 0.717) is 5.56 Å². The van der Waals surface area contributed by atoms with Gasteiger partial charge >= 0.3 is 0 Å². The van der Waals surface area contributed by atoms with Crippen molar-refractivity contribution < 1.29 is 9.50 Å². The monoisotopic (exact) mass is 310 g/mol. The highest BCUT2D eigenvalue weighted by molar-refractivity contribution is 6.30. The van der Waals surface area contributed by atoms with Crippen LogP contribution in [0.5, 0.6) is 0 Å². The summed E-state index contributed by atoms with van der Waals surface area (Å²) in [5, 5.41) is 15.0. The summed E-state index contributed by atoms with van der Waals surface area (Å²) in [7, 11) is 1.81. The van der Waals surface area contributed by atoms with E-state index in [4.69, 9.17) is 11.6 Å². The molecule has 3 nitrogen and oxygen atoms in total. The molecule has 2 aromatic rings. The molecule has 0 saturated heterocycles. The molecule has 0 aliphatic carbocycles. The summed E-state index contributed by atoms with van der Waals surface area (Å²) in [5.74, 6) is -0.473. The molecule has 1 heterocycles. The number of halogens is 2. The third-order valence-corrected chi connectivity index (χ3v) is 3.66. The number of aliphatic hydroxyl groups excluding tert-OH is 1. The Morgan fingerprint density at radius 2 is 2.05 bits per heavy atom. The Kier molecular flexibility index (Phi) is 4.40. The zero-order chi connectivity index (χ0) is 15.8. The molecular weight excluding hydrogens is 291 g/mol. The number of hydrogen-bond donors (Lipinski definition) is 1. The lowest BCUT2D eigenvalue weighted by atomic mass is 9.87. The molecule has 1 aromatic carbocycles. The fourth-order valence-electron chi connectivity index (χ4n) is 2.36. The summed E-state index contributed by atoms with van der Waals surface area (Å²) in [6.07, 6.45) is 1.13. The van der Waals surface area contributed by atoms with Gasteiger partial charge in [0.25, 0.3) is 0 Å². The van der Waals surface area contributed by atoms with Gasteiger partial charge < -0.3 is 5.11 Å². The van der Waals surface area contributed by atoms with Crippen molar-refractivity contribution in [1.29, 1.82) is 0 Å². The van der Waals surface area contributed by atoms with Crippen molar-refractivity contribution in [2.24, 2.45) is 7.05 Å². The summed E-state index contributed by atoms with van der Waals surface area (Å²) in [6.45, 7) is 6.10. The highest BCUT2D eigenvalue weighted by Gasteiger charge is 2.26. The van der Waals surface area contributed by atoms with Gasteiger partial charge in [0.05, 0.1) is 16.8 Å². The molecule has 0 aliphatic rings. The van der Waals surface area contributed by atoms with Gasteiger partial charge in [0.1, 0.15) is 5.82 Å². The fourth-order valence-corrected chi connectivity index (χ4v) is 2.55. The second-order valence-corrected chi connectivity index (χ2v) is 6.70. The first-order valence-corrected chi connectivity index (χ1v) is 7.23. The van der Waals surface area contributed by atoms with E-state index in [9.17, 15) is 9.50 Å². The zero-order valence-corrected chi connectivity index (χ0v) is 13.4. The predicted molar refractivity (Wildman–Crippen MR) is 82.0 cm³/mol. The van der Waals surface area contributed by atoms with Gasteiger partial charge in [-0.05, 0) is 11.6 Å². The van der Waals surface area contributed by atoms with Crippen LogP contribution >= 0.6 is 11.6 Å². The maximum absolute atomic E-state index is 14.0. The van der Waals surface area contributed by atoms with Crippen LogP contribution in [0.15, 0.2) is 24.4 Å². The summed E-state index contributed by atoms with van der Waals surface area (Å²) >= 11 is 5.78. The average molecular weight is 311 g/mol. The number of nitrogens with zero attached hydrogens (tertiary/aromatic N) is 2. The van der Waals surface area contributed by atoms with Crippen LogP contribution < -0.4 is 0 Å². The van der Waals surface area contributed by atoms with E-state index in [-0.39, 0.29) is 16.9 Å². The largest absolute Gasteiger partial charge is 0.388 e. The van der Waals surface area contributed by atoms with Crippen molar-refractivity contribution in [3.8, 4) is 0 Å². The molecular formula is C16H20ClFN2O. The van der Waals surface area contributed by atoms with Gasteiger partial charge in [-0.2, -0.15) is 5.10 Å². The molecule has 1 atom stereocenters. The quantitative estimate of drug-likeness (QED) is 0.936. The maximum Gasteiger partial charge on any atom is 0.145 e. The minimum atomic E-state index is -0.819. The van der Waals surface area contributed by atoms with Gasteiger partial charge in [-0.1, -0.05) is 44.5 Å². The zero-order valence-electron chi connectivity index (χ0n) is 12.7. The first kappa shape index (κ1) is 16.0.